The molecule has 12 nitrogen and oxygen atoms in total. The average molecular weight is 867 g/mol. The van der Waals surface area contributed by atoms with Crippen molar-refractivity contribution in [1.82, 2.24) is 28.9 Å². The topological polar surface area (TPSA) is 152 Å². The number of nitrogens with one attached hydrogen (secondary N) is 2. The van der Waals surface area contributed by atoms with Gasteiger partial charge in [-0.2, -0.15) is 0 Å². The largest absolute Gasteiger partial charge is 0.367 e. The van der Waals surface area contributed by atoms with E-state index in [0.717, 1.165) is 84.3 Å². The second kappa shape index (κ2) is 17.6. The van der Waals surface area contributed by atoms with Gasteiger partial charge in [0, 0.05) is 49.4 Å². The summed E-state index contributed by atoms with van der Waals surface area (Å²) in [5.41, 5.74) is 13.7. The Labute approximate surface area is 371 Å². The number of carbonyl (C=O) groups excluding carboxylic acids is 2. The van der Waals surface area contributed by atoms with Crippen molar-refractivity contribution in [2.24, 2.45) is 28.7 Å². The van der Waals surface area contributed by atoms with Gasteiger partial charge in [0.1, 0.15) is 46.3 Å². The summed E-state index contributed by atoms with van der Waals surface area (Å²) in [5, 5.41) is 7.84. The molecule has 8 rings (SSSR count). The molecule has 4 aliphatic rings. The first-order valence-electron chi connectivity index (χ1n) is 23.3. The fourth-order valence-electron chi connectivity index (χ4n) is 11.3. The maximum absolute atomic E-state index is 14.2. The van der Waals surface area contributed by atoms with E-state index < -0.39 is 11.1 Å². The number of anilines is 2. The maximum atomic E-state index is 14.2. The summed E-state index contributed by atoms with van der Waals surface area (Å²) < 4.78 is 32.8. The lowest BCUT2D eigenvalue weighted by Gasteiger charge is -2.47. The van der Waals surface area contributed by atoms with E-state index in [0.29, 0.717) is 50.5 Å². The number of nitrogens with zero attached hydrogens (tertiary/aromatic N) is 6. The maximum Gasteiger partial charge on any atom is 0.237 e. The number of hydrogen-bond acceptors (Lipinski definition) is 8. The van der Waals surface area contributed by atoms with E-state index in [9.17, 15) is 18.4 Å². The van der Waals surface area contributed by atoms with Crippen molar-refractivity contribution in [2.75, 3.05) is 36.8 Å². The molecule has 14 heteroatoms. The van der Waals surface area contributed by atoms with Crippen LogP contribution in [0.5, 0.6) is 0 Å². The number of rotatable bonds is 12. The highest BCUT2D eigenvalue weighted by molar-refractivity contribution is 5.81. The van der Waals surface area contributed by atoms with Gasteiger partial charge in [0.25, 0.3) is 0 Å². The van der Waals surface area contributed by atoms with Crippen LogP contribution in [-0.2, 0) is 33.8 Å². The van der Waals surface area contributed by atoms with Gasteiger partial charge in [-0.05, 0) is 138 Å². The fourth-order valence-corrected chi connectivity index (χ4v) is 11.3. The third-order valence-corrected chi connectivity index (χ3v) is 15.4. The van der Waals surface area contributed by atoms with Gasteiger partial charge in [0.15, 0.2) is 0 Å². The van der Waals surface area contributed by atoms with Crippen LogP contribution in [-0.4, -0.2) is 79.0 Å². The van der Waals surface area contributed by atoms with E-state index in [2.05, 4.69) is 47.5 Å². The van der Waals surface area contributed by atoms with Crippen molar-refractivity contribution in [2.45, 2.75) is 142 Å². The number of fused-ring (bicyclic) bond motifs is 2. The third kappa shape index (κ3) is 8.49. The minimum Gasteiger partial charge on any atom is -0.367 e. The molecule has 0 radical (unpaired) electrons. The lowest BCUT2D eigenvalue weighted by molar-refractivity contribution is -0.139. The number of carbonyl (C=O) groups is 2. The molecule has 2 aromatic heterocycles. The fraction of sp³-hybridized carbons (Fsp3) is 0.592. The van der Waals surface area contributed by atoms with Crippen LogP contribution in [0.1, 0.15) is 117 Å². The molecule has 6 N–H and O–H groups in total. The molecular weight excluding hydrogens is 799 g/mol. The van der Waals surface area contributed by atoms with Crippen LogP contribution in [0.25, 0.3) is 22.5 Å². The van der Waals surface area contributed by atoms with Crippen molar-refractivity contribution in [3.63, 3.8) is 0 Å². The van der Waals surface area contributed by atoms with Crippen molar-refractivity contribution in [3.8, 4) is 22.5 Å². The van der Waals surface area contributed by atoms with E-state index in [-0.39, 0.29) is 48.0 Å². The molecule has 3 unspecified atom stereocenters. The van der Waals surface area contributed by atoms with Gasteiger partial charge in [-0.25, -0.2) is 18.7 Å². The monoisotopic (exact) mass is 867 g/mol. The van der Waals surface area contributed by atoms with Gasteiger partial charge >= 0.3 is 0 Å². The summed E-state index contributed by atoms with van der Waals surface area (Å²) in [6.07, 6.45) is 10.2. The Bertz CT molecular complexity index is 2280. The third-order valence-electron chi connectivity index (χ3n) is 15.4. The van der Waals surface area contributed by atoms with Gasteiger partial charge in [0.05, 0.1) is 24.2 Å². The highest BCUT2D eigenvalue weighted by atomic mass is 19.1. The minimum atomic E-state index is -0.715. The first-order valence-corrected chi connectivity index (χ1v) is 23.3. The number of benzene rings is 2. The molecule has 63 heavy (non-hydrogen) atoms. The van der Waals surface area contributed by atoms with Crippen molar-refractivity contribution < 1.29 is 18.4 Å². The molecule has 0 spiro atoms. The summed E-state index contributed by atoms with van der Waals surface area (Å²) in [7, 11) is 0. The number of nitrogens with two attached hydrogens (primary N) is 2. The molecule has 2 fully saturated rings. The quantitative estimate of drug-likeness (QED) is 0.111. The first kappa shape index (κ1) is 44.8. The van der Waals surface area contributed by atoms with Crippen LogP contribution >= 0.6 is 0 Å². The number of halogens is 2. The smallest absolute Gasteiger partial charge is 0.237 e. The van der Waals surface area contributed by atoms with E-state index in [4.69, 9.17) is 21.4 Å². The van der Waals surface area contributed by atoms with Crippen molar-refractivity contribution in [1.29, 1.82) is 0 Å². The molecule has 340 valence electrons. The molecule has 2 aliphatic carbocycles. The zero-order valence-corrected chi connectivity index (χ0v) is 38.2. The molecule has 3 atom stereocenters. The van der Waals surface area contributed by atoms with Crippen LogP contribution in [0.15, 0.2) is 48.5 Å². The molecule has 2 aliphatic heterocycles. The Morgan fingerprint density at radius 2 is 1.22 bits per heavy atom. The number of aromatic nitrogens is 4. The zero-order valence-electron chi connectivity index (χ0n) is 38.2. The predicted octanol–water partition coefficient (Wildman–Crippen LogP) is 8.21. The summed E-state index contributed by atoms with van der Waals surface area (Å²) in [6.45, 7) is 15.3. The Morgan fingerprint density at radius 1 is 0.714 bits per heavy atom. The summed E-state index contributed by atoms with van der Waals surface area (Å²) in [4.78, 5) is 40.9. The van der Waals surface area contributed by atoms with Gasteiger partial charge in [-0.1, -0.05) is 33.6 Å². The lowest BCUT2D eigenvalue weighted by atomic mass is 9.66. The van der Waals surface area contributed by atoms with Gasteiger partial charge in [-0.15, -0.1) is 0 Å². The highest BCUT2D eigenvalue weighted by Gasteiger charge is 2.47. The molecule has 0 bridgehead atoms. The van der Waals surface area contributed by atoms with Gasteiger partial charge in [0.2, 0.25) is 11.8 Å². The van der Waals surface area contributed by atoms with Crippen LogP contribution in [0.3, 0.4) is 0 Å². The van der Waals surface area contributed by atoms with Gasteiger partial charge < -0.3 is 41.0 Å². The Kier molecular flexibility index (Phi) is 12.5. The summed E-state index contributed by atoms with van der Waals surface area (Å²) >= 11 is 0. The SMILES string of the molecule is CC1CCCCC1Nc1c(-c2ccc(F)cc2)nc2n1CCN(C(=O)CN)C2(C)CCC(C)(C)C1CCC(Nc2c(-c3ccc(F)cc3)nc3n2CCN(C(=O)CN)C3(C)C)CC1. The second-order valence-electron chi connectivity index (χ2n) is 20.1. The molecule has 2 aromatic carbocycles. The minimum absolute atomic E-state index is 0.0449. The highest BCUT2D eigenvalue weighted by Crippen LogP contribution is 2.48. The Balaban J connectivity index is 1.03. The molecule has 4 aromatic rings. The number of imidazole rings is 2. The van der Waals surface area contributed by atoms with Gasteiger partial charge in [-0.3, -0.25) is 9.59 Å². The Morgan fingerprint density at radius 3 is 1.79 bits per heavy atom. The molecule has 4 heterocycles. The molecular formula is C49H68F2N10O2. The molecule has 2 amide bonds. The van der Waals surface area contributed by atoms with Crippen LogP contribution in [0, 0.1) is 28.9 Å². The van der Waals surface area contributed by atoms with Crippen molar-refractivity contribution >= 4 is 23.5 Å². The Hall–Kier alpha value is -4.82. The second-order valence-corrected chi connectivity index (χ2v) is 20.1. The number of hydrogen-bond donors (Lipinski definition) is 4. The van der Waals surface area contributed by atoms with E-state index >= 15 is 0 Å². The van der Waals surface area contributed by atoms with Crippen LogP contribution in [0.2, 0.25) is 0 Å². The van der Waals surface area contributed by atoms with Crippen LogP contribution in [0.4, 0.5) is 20.4 Å². The summed E-state index contributed by atoms with van der Waals surface area (Å²) in [6, 6.07) is 13.6. The molecule has 0 saturated heterocycles. The number of amides is 2. The van der Waals surface area contributed by atoms with E-state index in [1.165, 1.54) is 43.5 Å². The molecule has 2 saturated carbocycles. The normalized spacial score (nSPS) is 24.7. The lowest BCUT2D eigenvalue weighted by Crippen LogP contribution is -2.55. The summed E-state index contributed by atoms with van der Waals surface area (Å²) in [5.74, 6) is 3.66. The first-order chi connectivity index (χ1) is 30.0. The van der Waals surface area contributed by atoms with Crippen LogP contribution < -0.4 is 22.1 Å². The van der Waals surface area contributed by atoms with E-state index in [1.807, 2.05) is 23.6 Å². The predicted molar refractivity (Wildman–Crippen MR) is 245 cm³/mol. The standard InChI is InChI=1S/C49H68F2N10O2/c1-31-9-7-8-10-38(31)55-44-42(33-13-19-36(51)20-14-33)57-46-49(6,61(40(63)30-53)28-26-59(44)46)24-23-47(2,3)34-15-21-37(22-16-34)54-43-41(32-11-17-35(50)18-12-32)56-45-48(4,5)60(39(62)29-52)27-25-58(43)45/h11-14,17-20,31,34,37-38,54-55H,7-10,15-16,21-30,52-53H2,1-6H3. The van der Waals surface area contributed by atoms with E-state index in [1.54, 1.807) is 24.3 Å². The average Bonchev–Trinajstić information content (AvgIpc) is 3.84. The van der Waals surface area contributed by atoms with Crippen molar-refractivity contribution in [3.05, 3.63) is 71.8 Å². The zero-order chi connectivity index (χ0) is 44.8.